The van der Waals surface area contributed by atoms with Crippen molar-refractivity contribution in [3.63, 3.8) is 0 Å². The van der Waals surface area contributed by atoms with Gasteiger partial charge in [0.1, 0.15) is 11.4 Å². The lowest BCUT2D eigenvalue weighted by Crippen LogP contribution is -2.38. The maximum atomic E-state index is 12.9. The van der Waals surface area contributed by atoms with Crippen LogP contribution in [0.3, 0.4) is 0 Å². The molecule has 0 unspecified atom stereocenters. The van der Waals surface area contributed by atoms with E-state index in [1.807, 2.05) is 13.8 Å². The monoisotopic (exact) mass is 429 g/mol. The van der Waals surface area contributed by atoms with Gasteiger partial charge < -0.3 is 15.2 Å². The number of anilines is 1. The standard InChI is InChI=1S/C20H23ClF3N3O2/c1-11-18(12(2)29-27-11)25-10-13-3-6-15(7-4-13)26-19(28)16-9-14(20(22,23)24)5-8-17(16)21/h5,8-9,13,15,25H,3-4,6-7,10H2,1-2H3,(H,26,28)/t13-,15-. The van der Waals surface area contributed by atoms with E-state index in [9.17, 15) is 18.0 Å². The van der Waals surface area contributed by atoms with Crippen molar-refractivity contribution in [3.05, 3.63) is 45.8 Å². The number of aryl methyl sites for hydroxylation is 2. The van der Waals surface area contributed by atoms with Crippen LogP contribution < -0.4 is 10.6 Å². The fraction of sp³-hybridized carbons (Fsp3) is 0.500. The molecule has 1 amide bonds. The molecule has 0 bridgehead atoms. The number of halogens is 4. The van der Waals surface area contributed by atoms with Gasteiger partial charge in [0.15, 0.2) is 5.76 Å². The number of aromatic nitrogens is 1. The number of alkyl halides is 3. The molecule has 1 saturated carbocycles. The number of benzene rings is 1. The highest BCUT2D eigenvalue weighted by Crippen LogP contribution is 2.32. The molecule has 158 valence electrons. The molecule has 1 fully saturated rings. The van der Waals surface area contributed by atoms with E-state index >= 15 is 0 Å². The summed E-state index contributed by atoms with van der Waals surface area (Å²) in [5.74, 6) is 0.619. The van der Waals surface area contributed by atoms with Crippen LogP contribution in [0.2, 0.25) is 5.02 Å². The molecular weight excluding hydrogens is 407 g/mol. The highest BCUT2D eigenvalue weighted by atomic mass is 35.5. The number of nitrogens with one attached hydrogen (secondary N) is 2. The Bertz CT molecular complexity index is 855. The molecule has 0 aliphatic heterocycles. The van der Waals surface area contributed by atoms with Gasteiger partial charge in [-0.1, -0.05) is 16.8 Å². The third-order valence-electron chi connectivity index (χ3n) is 5.32. The Morgan fingerprint density at radius 3 is 2.52 bits per heavy atom. The van der Waals surface area contributed by atoms with Crippen LogP contribution in [0.5, 0.6) is 0 Å². The van der Waals surface area contributed by atoms with Crippen LogP contribution in [0.4, 0.5) is 18.9 Å². The number of rotatable bonds is 5. The molecular formula is C20H23ClF3N3O2. The Morgan fingerprint density at radius 2 is 1.93 bits per heavy atom. The topological polar surface area (TPSA) is 67.2 Å². The Kier molecular flexibility index (Phi) is 6.41. The molecule has 0 radical (unpaired) electrons. The smallest absolute Gasteiger partial charge is 0.380 e. The Labute approximate surface area is 172 Å². The van der Waals surface area contributed by atoms with Crippen molar-refractivity contribution in [3.8, 4) is 0 Å². The second-order valence-electron chi connectivity index (χ2n) is 7.46. The van der Waals surface area contributed by atoms with E-state index in [1.165, 1.54) is 0 Å². The number of carbonyl (C=O) groups excluding carboxylic acids is 1. The molecule has 2 N–H and O–H groups in total. The van der Waals surface area contributed by atoms with Gasteiger partial charge in [0.2, 0.25) is 0 Å². The molecule has 1 aromatic carbocycles. The molecule has 1 heterocycles. The van der Waals surface area contributed by atoms with Crippen LogP contribution in [-0.4, -0.2) is 23.7 Å². The van der Waals surface area contributed by atoms with Crippen molar-refractivity contribution in [2.75, 3.05) is 11.9 Å². The lowest BCUT2D eigenvalue weighted by atomic mass is 9.85. The lowest BCUT2D eigenvalue weighted by Gasteiger charge is -2.29. The summed E-state index contributed by atoms with van der Waals surface area (Å²) in [5.41, 5.74) is 0.700. The van der Waals surface area contributed by atoms with E-state index < -0.39 is 17.6 Å². The van der Waals surface area contributed by atoms with E-state index in [0.29, 0.717) is 5.92 Å². The lowest BCUT2D eigenvalue weighted by molar-refractivity contribution is -0.137. The summed E-state index contributed by atoms with van der Waals surface area (Å²) < 4.78 is 43.8. The van der Waals surface area contributed by atoms with Gasteiger partial charge in [-0.2, -0.15) is 13.2 Å². The number of amides is 1. The van der Waals surface area contributed by atoms with Crippen LogP contribution in [0, 0.1) is 19.8 Å². The summed E-state index contributed by atoms with van der Waals surface area (Å²) in [5, 5.41) is 10.1. The highest BCUT2D eigenvalue weighted by molar-refractivity contribution is 6.33. The summed E-state index contributed by atoms with van der Waals surface area (Å²) in [6, 6.07) is 2.70. The van der Waals surface area contributed by atoms with Crippen LogP contribution in [-0.2, 0) is 6.18 Å². The van der Waals surface area contributed by atoms with Crippen molar-refractivity contribution in [2.45, 2.75) is 51.7 Å². The number of hydrogen-bond donors (Lipinski definition) is 2. The minimum atomic E-state index is -4.52. The van der Waals surface area contributed by atoms with Crippen molar-refractivity contribution in [1.82, 2.24) is 10.5 Å². The van der Waals surface area contributed by atoms with Gasteiger partial charge in [-0.25, -0.2) is 0 Å². The molecule has 0 atom stereocenters. The summed E-state index contributed by atoms with van der Waals surface area (Å²) in [4.78, 5) is 12.5. The first-order valence-electron chi connectivity index (χ1n) is 9.49. The molecule has 2 aromatic rings. The van der Waals surface area contributed by atoms with Crippen LogP contribution in [0.25, 0.3) is 0 Å². The fourth-order valence-electron chi connectivity index (χ4n) is 3.63. The van der Waals surface area contributed by atoms with Gasteiger partial charge >= 0.3 is 6.18 Å². The largest absolute Gasteiger partial charge is 0.416 e. The SMILES string of the molecule is Cc1noc(C)c1NC[C@H]1CC[C@H](NC(=O)c2cc(C(F)(F)F)ccc2Cl)CC1. The Balaban J connectivity index is 1.52. The molecule has 1 aromatic heterocycles. The van der Waals surface area contributed by atoms with Gasteiger partial charge in [0.05, 0.1) is 16.1 Å². The predicted molar refractivity (Wildman–Crippen MR) is 104 cm³/mol. The Hall–Kier alpha value is -2.22. The number of nitrogens with zero attached hydrogens (tertiary/aromatic N) is 1. The van der Waals surface area contributed by atoms with Crippen LogP contribution in [0.1, 0.15) is 53.1 Å². The summed E-state index contributed by atoms with van der Waals surface area (Å²) in [6.45, 7) is 4.51. The quantitative estimate of drug-likeness (QED) is 0.671. The zero-order chi connectivity index (χ0) is 21.2. The fourth-order valence-corrected chi connectivity index (χ4v) is 3.83. The first-order chi connectivity index (χ1) is 13.6. The van der Waals surface area contributed by atoms with Crippen molar-refractivity contribution >= 4 is 23.2 Å². The third kappa shape index (κ3) is 5.23. The van der Waals surface area contributed by atoms with E-state index in [1.54, 1.807) is 0 Å². The number of carbonyl (C=O) groups is 1. The minimum Gasteiger partial charge on any atom is -0.380 e. The second-order valence-corrected chi connectivity index (χ2v) is 7.87. The van der Waals surface area contributed by atoms with Gasteiger partial charge in [0, 0.05) is 12.6 Å². The molecule has 1 aliphatic rings. The first-order valence-corrected chi connectivity index (χ1v) is 9.87. The van der Waals surface area contributed by atoms with Gasteiger partial charge in [-0.05, 0) is 63.6 Å². The zero-order valence-electron chi connectivity index (χ0n) is 16.2. The van der Waals surface area contributed by atoms with E-state index in [-0.39, 0.29) is 16.6 Å². The maximum absolute atomic E-state index is 12.9. The molecule has 29 heavy (non-hydrogen) atoms. The second kappa shape index (κ2) is 8.65. The summed E-state index contributed by atoms with van der Waals surface area (Å²) in [7, 11) is 0. The van der Waals surface area contributed by atoms with Gasteiger partial charge in [-0.3, -0.25) is 4.79 Å². The first kappa shape index (κ1) is 21.5. The predicted octanol–water partition coefficient (Wildman–Crippen LogP) is 5.36. The molecule has 9 heteroatoms. The van der Waals surface area contributed by atoms with E-state index in [2.05, 4.69) is 15.8 Å². The zero-order valence-corrected chi connectivity index (χ0v) is 17.0. The van der Waals surface area contributed by atoms with Crippen LogP contribution in [0.15, 0.2) is 22.7 Å². The molecule has 1 aliphatic carbocycles. The minimum absolute atomic E-state index is 0.00727. The normalized spacial score (nSPS) is 19.8. The average molecular weight is 430 g/mol. The van der Waals surface area contributed by atoms with Crippen molar-refractivity contribution in [2.24, 2.45) is 5.92 Å². The maximum Gasteiger partial charge on any atom is 0.416 e. The number of hydrogen-bond acceptors (Lipinski definition) is 4. The van der Waals surface area contributed by atoms with Gasteiger partial charge in [-0.15, -0.1) is 0 Å². The average Bonchev–Trinajstić information content (AvgIpc) is 2.98. The van der Waals surface area contributed by atoms with Gasteiger partial charge in [0.25, 0.3) is 5.91 Å². The third-order valence-corrected chi connectivity index (χ3v) is 5.65. The summed E-state index contributed by atoms with van der Waals surface area (Å²) in [6.07, 6.45) is -1.20. The van der Waals surface area contributed by atoms with Crippen LogP contribution >= 0.6 is 11.6 Å². The molecule has 5 nitrogen and oxygen atoms in total. The Morgan fingerprint density at radius 1 is 1.24 bits per heavy atom. The molecule has 3 rings (SSSR count). The van der Waals surface area contributed by atoms with Crippen molar-refractivity contribution < 1.29 is 22.5 Å². The van der Waals surface area contributed by atoms with E-state index in [0.717, 1.165) is 67.6 Å². The van der Waals surface area contributed by atoms with E-state index in [4.69, 9.17) is 16.1 Å². The molecule has 0 spiro atoms. The van der Waals surface area contributed by atoms with Crippen molar-refractivity contribution in [1.29, 1.82) is 0 Å². The molecule has 0 saturated heterocycles. The highest BCUT2D eigenvalue weighted by Gasteiger charge is 2.32. The summed E-state index contributed by atoms with van der Waals surface area (Å²) >= 11 is 5.95.